The van der Waals surface area contributed by atoms with Gasteiger partial charge in [-0.25, -0.2) is 14.6 Å². The number of benzene rings is 3. The number of carbonyl (C=O) groups is 2. The van der Waals surface area contributed by atoms with E-state index in [9.17, 15) is 9.59 Å². The molecule has 3 aromatic carbocycles. The highest BCUT2D eigenvalue weighted by Gasteiger charge is 2.24. The lowest BCUT2D eigenvalue weighted by atomic mass is 10.1. The number of hydrogen-bond acceptors (Lipinski definition) is 5. The van der Waals surface area contributed by atoms with Gasteiger partial charge in [-0.15, -0.1) is 0 Å². The molecule has 6 nitrogen and oxygen atoms in total. The van der Waals surface area contributed by atoms with Crippen molar-refractivity contribution in [1.29, 1.82) is 0 Å². The molecule has 28 heavy (non-hydrogen) atoms. The summed E-state index contributed by atoms with van der Waals surface area (Å²) in [6, 6.07) is 20.3. The molecule has 0 aliphatic carbocycles. The average Bonchev–Trinajstić information content (AvgIpc) is 3.07. The summed E-state index contributed by atoms with van der Waals surface area (Å²) in [5, 5.41) is 10.8. The summed E-state index contributed by atoms with van der Waals surface area (Å²) in [7, 11) is 0. The van der Waals surface area contributed by atoms with E-state index < -0.39 is 18.5 Å². The van der Waals surface area contributed by atoms with Crippen LogP contribution in [0, 0.1) is 0 Å². The van der Waals surface area contributed by atoms with Crippen molar-refractivity contribution in [2.75, 3.05) is 6.61 Å². The molecule has 0 aromatic heterocycles. The Morgan fingerprint density at radius 1 is 1.04 bits per heavy atom. The molecule has 0 atom stereocenters. The second kappa shape index (κ2) is 7.36. The Morgan fingerprint density at radius 3 is 2.54 bits per heavy atom. The number of aliphatic imine (C=N–C) groups is 1. The number of carboxylic acid groups (broad SMARTS) is 1. The van der Waals surface area contributed by atoms with Gasteiger partial charge in [0.1, 0.15) is 5.75 Å². The minimum atomic E-state index is -1.05. The van der Waals surface area contributed by atoms with Crippen molar-refractivity contribution in [2.24, 2.45) is 4.99 Å². The van der Waals surface area contributed by atoms with Gasteiger partial charge in [0.25, 0.3) is 0 Å². The lowest BCUT2D eigenvalue weighted by molar-refractivity contribution is -0.139. The molecule has 1 N–H and O–H groups in total. The van der Waals surface area contributed by atoms with Gasteiger partial charge in [-0.2, -0.15) is 0 Å². The third kappa shape index (κ3) is 3.76. The molecule has 0 saturated heterocycles. The van der Waals surface area contributed by atoms with Crippen LogP contribution in [-0.2, 0) is 14.3 Å². The molecular weight excluding hydrogens is 358 g/mol. The molecule has 1 aliphatic heterocycles. The maximum absolute atomic E-state index is 12.2. The summed E-state index contributed by atoms with van der Waals surface area (Å²) in [4.78, 5) is 27.0. The molecule has 3 aromatic rings. The molecule has 0 unspecified atom stereocenters. The number of rotatable bonds is 5. The van der Waals surface area contributed by atoms with E-state index in [1.807, 2.05) is 42.5 Å². The molecular formula is C22H15NO5. The molecule has 0 radical (unpaired) electrons. The van der Waals surface area contributed by atoms with Crippen molar-refractivity contribution < 1.29 is 24.2 Å². The standard InChI is InChI=1S/C22H15NO5/c24-20(25)13-27-18-9-5-14(6-10-18)11-19-22(26)28-21(23-19)17-8-7-15-3-1-2-4-16(15)12-17/h1-12H,13H2,(H,24,25). The van der Waals surface area contributed by atoms with Crippen LogP contribution in [0.3, 0.4) is 0 Å². The molecule has 0 amide bonds. The molecule has 0 saturated carbocycles. The highest BCUT2D eigenvalue weighted by Crippen LogP contribution is 2.23. The maximum Gasteiger partial charge on any atom is 0.363 e. The molecule has 6 heteroatoms. The number of carbonyl (C=O) groups excluding carboxylic acids is 1. The predicted molar refractivity (Wildman–Crippen MR) is 104 cm³/mol. The molecule has 0 fully saturated rings. The first-order valence-corrected chi connectivity index (χ1v) is 8.55. The van der Waals surface area contributed by atoms with E-state index in [0.717, 1.165) is 21.9 Å². The summed E-state index contributed by atoms with van der Waals surface area (Å²) < 4.78 is 10.4. The van der Waals surface area contributed by atoms with Crippen LogP contribution < -0.4 is 4.74 Å². The first-order valence-electron chi connectivity index (χ1n) is 8.55. The van der Waals surface area contributed by atoms with Gasteiger partial charge in [0.2, 0.25) is 5.90 Å². The van der Waals surface area contributed by atoms with E-state index >= 15 is 0 Å². The van der Waals surface area contributed by atoms with Crippen molar-refractivity contribution >= 4 is 34.7 Å². The fourth-order valence-electron chi connectivity index (χ4n) is 2.82. The van der Waals surface area contributed by atoms with Crippen LogP contribution in [0.5, 0.6) is 5.75 Å². The Hall–Kier alpha value is -3.93. The van der Waals surface area contributed by atoms with Crippen LogP contribution in [-0.4, -0.2) is 29.5 Å². The number of cyclic esters (lactones) is 1. The lowest BCUT2D eigenvalue weighted by Crippen LogP contribution is -2.09. The fraction of sp³-hybridized carbons (Fsp3) is 0.0455. The largest absolute Gasteiger partial charge is 0.482 e. The van der Waals surface area contributed by atoms with Crippen LogP contribution in [0.1, 0.15) is 11.1 Å². The number of nitrogens with zero attached hydrogens (tertiary/aromatic N) is 1. The van der Waals surface area contributed by atoms with Gasteiger partial charge in [-0.05, 0) is 46.7 Å². The number of ether oxygens (including phenoxy) is 2. The number of aliphatic carboxylic acids is 1. The summed E-state index contributed by atoms with van der Waals surface area (Å²) in [5.41, 5.74) is 1.65. The Morgan fingerprint density at radius 2 is 1.79 bits per heavy atom. The van der Waals surface area contributed by atoms with Gasteiger partial charge < -0.3 is 14.6 Å². The van der Waals surface area contributed by atoms with E-state index in [4.69, 9.17) is 14.6 Å². The maximum atomic E-state index is 12.2. The van der Waals surface area contributed by atoms with Gasteiger partial charge in [0.15, 0.2) is 12.3 Å². The topological polar surface area (TPSA) is 85.2 Å². The van der Waals surface area contributed by atoms with E-state index in [1.165, 1.54) is 0 Å². The summed E-state index contributed by atoms with van der Waals surface area (Å²) in [6.45, 7) is -0.411. The van der Waals surface area contributed by atoms with Gasteiger partial charge in [-0.1, -0.05) is 42.5 Å². The van der Waals surface area contributed by atoms with Crippen molar-refractivity contribution in [3.63, 3.8) is 0 Å². The third-order valence-electron chi connectivity index (χ3n) is 4.16. The second-order valence-corrected chi connectivity index (χ2v) is 6.15. The molecule has 1 aliphatic rings. The molecule has 0 spiro atoms. The number of hydrogen-bond donors (Lipinski definition) is 1. The van der Waals surface area contributed by atoms with Gasteiger partial charge in [0, 0.05) is 5.56 Å². The van der Waals surface area contributed by atoms with E-state index in [1.54, 1.807) is 30.3 Å². The second-order valence-electron chi connectivity index (χ2n) is 6.15. The van der Waals surface area contributed by atoms with Crippen molar-refractivity contribution in [1.82, 2.24) is 0 Å². The fourth-order valence-corrected chi connectivity index (χ4v) is 2.82. The predicted octanol–water partition coefficient (Wildman–Crippen LogP) is 3.65. The van der Waals surface area contributed by atoms with Crippen LogP contribution in [0.4, 0.5) is 0 Å². The van der Waals surface area contributed by atoms with Crippen LogP contribution >= 0.6 is 0 Å². The number of esters is 1. The van der Waals surface area contributed by atoms with Crippen LogP contribution in [0.15, 0.2) is 77.4 Å². The first kappa shape index (κ1) is 17.5. The van der Waals surface area contributed by atoms with Crippen molar-refractivity contribution in [3.05, 3.63) is 83.6 Å². The highest BCUT2D eigenvalue weighted by molar-refractivity contribution is 6.13. The van der Waals surface area contributed by atoms with Crippen molar-refractivity contribution in [3.8, 4) is 5.75 Å². The minimum Gasteiger partial charge on any atom is -0.482 e. The van der Waals surface area contributed by atoms with E-state index in [0.29, 0.717) is 5.75 Å². The average molecular weight is 373 g/mol. The van der Waals surface area contributed by atoms with Crippen LogP contribution in [0.2, 0.25) is 0 Å². The van der Waals surface area contributed by atoms with Crippen molar-refractivity contribution in [2.45, 2.75) is 0 Å². The Bertz CT molecular complexity index is 1130. The van der Waals surface area contributed by atoms with Gasteiger partial charge in [-0.3, -0.25) is 0 Å². The van der Waals surface area contributed by atoms with Gasteiger partial charge >= 0.3 is 11.9 Å². The summed E-state index contributed by atoms with van der Waals surface area (Å²) in [6.07, 6.45) is 1.61. The monoisotopic (exact) mass is 373 g/mol. The lowest BCUT2D eigenvalue weighted by Gasteiger charge is -2.02. The summed E-state index contributed by atoms with van der Waals surface area (Å²) in [5.74, 6) is -0.868. The zero-order valence-electron chi connectivity index (χ0n) is 14.7. The van der Waals surface area contributed by atoms with Gasteiger partial charge in [0.05, 0.1) is 0 Å². The van der Waals surface area contributed by atoms with Crippen LogP contribution in [0.25, 0.3) is 16.8 Å². The smallest absolute Gasteiger partial charge is 0.363 e. The molecule has 4 rings (SSSR count). The quantitative estimate of drug-likeness (QED) is 0.545. The first-order chi connectivity index (χ1) is 13.6. The number of carboxylic acids is 1. The van der Waals surface area contributed by atoms with E-state index in [-0.39, 0.29) is 11.6 Å². The zero-order chi connectivity index (χ0) is 19.5. The zero-order valence-corrected chi connectivity index (χ0v) is 14.7. The molecule has 0 bridgehead atoms. The minimum absolute atomic E-state index is 0.197. The summed E-state index contributed by atoms with van der Waals surface area (Å²) >= 11 is 0. The molecule has 138 valence electrons. The normalized spacial score (nSPS) is 14.8. The SMILES string of the molecule is O=C(O)COc1ccc(C=C2N=C(c3ccc4ccccc4c3)OC2=O)cc1. The highest BCUT2D eigenvalue weighted by atomic mass is 16.6. The Balaban J connectivity index is 1.56. The Labute approximate surface area is 160 Å². The Kier molecular flexibility index (Phi) is 4.60. The molecule has 1 heterocycles. The number of fused-ring (bicyclic) bond motifs is 1. The van der Waals surface area contributed by atoms with E-state index in [2.05, 4.69) is 4.99 Å². The third-order valence-corrected chi connectivity index (χ3v) is 4.16.